The third kappa shape index (κ3) is 8.52. The van der Waals surface area contributed by atoms with Crippen LogP contribution in [-0.2, 0) is 24.1 Å². The number of hydrogen-bond acceptors (Lipinski definition) is 5. The van der Waals surface area contributed by atoms with E-state index in [1.165, 1.54) is 32.4 Å². The van der Waals surface area contributed by atoms with E-state index in [4.69, 9.17) is 4.74 Å². The maximum Gasteiger partial charge on any atom is 0.365 e. The summed E-state index contributed by atoms with van der Waals surface area (Å²) < 4.78 is 5.08. The lowest BCUT2D eigenvalue weighted by Crippen LogP contribution is -2.19. The second-order valence-corrected chi connectivity index (χ2v) is 3.67. The second-order valence-electron chi connectivity index (χ2n) is 3.67. The number of hydrogen-bond donors (Lipinski definition) is 0. The van der Waals surface area contributed by atoms with Crippen LogP contribution in [0.15, 0.2) is 25.3 Å². The van der Waals surface area contributed by atoms with E-state index < -0.39 is 5.97 Å². The fourth-order valence-corrected chi connectivity index (χ4v) is 1.51. The van der Waals surface area contributed by atoms with E-state index in [0.29, 0.717) is 0 Å². The smallest absolute Gasteiger partial charge is 0.365 e. The Balaban J connectivity index is 0.000000360. The number of esters is 1. The van der Waals surface area contributed by atoms with Crippen LogP contribution in [0.3, 0.4) is 0 Å². The van der Waals surface area contributed by atoms with Crippen LogP contribution in [0.2, 0.25) is 0 Å². The molecular formula is C13H20O5. The predicted molar refractivity (Wildman–Crippen MR) is 66.5 cm³/mol. The molecule has 1 saturated carbocycles. The van der Waals surface area contributed by atoms with Crippen molar-refractivity contribution in [2.75, 3.05) is 7.11 Å². The van der Waals surface area contributed by atoms with E-state index in [1.807, 2.05) is 0 Å². The van der Waals surface area contributed by atoms with Crippen LogP contribution in [0.5, 0.6) is 0 Å². The maximum absolute atomic E-state index is 10.7. The van der Waals surface area contributed by atoms with Gasteiger partial charge in [0.15, 0.2) is 0 Å². The first-order valence-corrected chi connectivity index (χ1v) is 5.84. The molecule has 102 valence electrons. The molecule has 1 rings (SSSR count). The van der Waals surface area contributed by atoms with Crippen molar-refractivity contribution in [1.29, 1.82) is 0 Å². The highest BCUT2D eigenvalue weighted by atomic mass is 17.2. The van der Waals surface area contributed by atoms with Crippen molar-refractivity contribution in [2.45, 2.75) is 38.2 Å². The minimum Gasteiger partial charge on any atom is -0.459 e. The summed E-state index contributed by atoms with van der Waals surface area (Å²) in [6.45, 7) is 6.48. The largest absolute Gasteiger partial charge is 0.459 e. The van der Waals surface area contributed by atoms with Gasteiger partial charge in [-0.3, -0.25) is 4.89 Å². The van der Waals surface area contributed by atoms with E-state index in [1.54, 1.807) is 0 Å². The average Bonchev–Trinajstić information content (AvgIpc) is 2.40. The van der Waals surface area contributed by atoms with Crippen LogP contribution >= 0.6 is 0 Å². The molecule has 0 saturated heterocycles. The molecule has 18 heavy (non-hydrogen) atoms. The summed E-state index contributed by atoms with van der Waals surface area (Å²) in [5.74, 6) is -0.862. The Morgan fingerprint density at radius 1 is 1.06 bits per heavy atom. The lowest BCUT2D eigenvalue weighted by molar-refractivity contribution is -0.249. The highest BCUT2D eigenvalue weighted by molar-refractivity contribution is 5.81. The zero-order chi connectivity index (χ0) is 13.8. The van der Waals surface area contributed by atoms with Gasteiger partial charge in [0.25, 0.3) is 0 Å². The lowest BCUT2D eigenvalue weighted by atomic mass is 9.98. The van der Waals surface area contributed by atoms with E-state index in [2.05, 4.69) is 22.9 Å². The van der Waals surface area contributed by atoms with Gasteiger partial charge >= 0.3 is 11.9 Å². The van der Waals surface area contributed by atoms with Gasteiger partial charge in [-0.05, 0) is 25.7 Å². The number of carbonyl (C=O) groups is 2. The molecule has 0 aromatic carbocycles. The van der Waals surface area contributed by atoms with Crippen LogP contribution in [0, 0.1) is 0 Å². The van der Waals surface area contributed by atoms with Crippen molar-refractivity contribution in [2.24, 2.45) is 0 Å². The zero-order valence-electron chi connectivity index (χ0n) is 10.7. The van der Waals surface area contributed by atoms with Gasteiger partial charge in [-0.15, -0.1) is 0 Å². The van der Waals surface area contributed by atoms with Crippen molar-refractivity contribution >= 4 is 11.9 Å². The van der Waals surface area contributed by atoms with Gasteiger partial charge in [-0.1, -0.05) is 19.6 Å². The summed E-state index contributed by atoms with van der Waals surface area (Å²) in [6.07, 6.45) is 8.12. The van der Waals surface area contributed by atoms with Crippen LogP contribution < -0.4 is 0 Å². The number of ether oxygens (including phenoxy) is 1. The van der Waals surface area contributed by atoms with Crippen molar-refractivity contribution in [3.8, 4) is 0 Å². The van der Waals surface area contributed by atoms with Gasteiger partial charge in [0.2, 0.25) is 0 Å². The molecular weight excluding hydrogens is 236 g/mol. The summed E-state index contributed by atoms with van der Waals surface area (Å²) in [5.41, 5.74) is 0. The van der Waals surface area contributed by atoms with Crippen LogP contribution in [0.1, 0.15) is 32.1 Å². The number of rotatable bonds is 4. The fraction of sp³-hybridized carbons (Fsp3) is 0.538. The Bertz CT molecular complexity index is 279. The van der Waals surface area contributed by atoms with Crippen LogP contribution in [0.25, 0.3) is 0 Å². The van der Waals surface area contributed by atoms with Crippen molar-refractivity contribution < 1.29 is 24.1 Å². The molecule has 0 aromatic rings. The third-order valence-corrected chi connectivity index (χ3v) is 2.33. The molecule has 0 bridgehead atoms. The summed E-state index contributed by atoms with van der Waals surface area (Å²) in [4.78, 5) is 28.6. The van der Waals surface area contributed by atoms with Crippen molar-refractivity contribution in [1.82, 2.24) is 0 Å². The normalized spacial score (nSPS) is 14.7. The molecule has 5 nitrogen and oxygen atoms in total. The van der Waals surface area contributed by atoms with E-state index >= 15 is 0 Å². The molecule has 0 N–H and O–H groups in total. The summed E-state index contributed by atoms with van der Waals surface area (Å²) in [5, 5.41) is 0. The minimum atomic E-state index is -0.581. The van der Waals surface area contributed by atoms with Gasteiger partial charge in [-0.25, -0.2) is 9.59 Å². The standard InChI is InChI=1S/C9H14O2.C4H6O3/c1-2-9(10)11-8-6-4-3-5-7-8;1-3-4(5)7-6-2/h2,8H,1,3-7H2;3H,1H2,2H3. The first-order valence-electron chi connectivity index (χ1n) is 5.84. The Morgan fingerprint density at radius 2 is 1.61 bits per heavy atom. The Kier molecular flexibility index (Phi) is 9.58. The molecule has 0 atom stereocenters. The average molecular weight is 256 g/mol. The molecule has 0 unspecified atom stereocenters. The molecule has 0 spiro atoms. The van der Waals surface area contributed by atoms with E-state index in [-0.39, 0.29) is 12.1 Å². The van der Waals surface area contributed by atoms with E-state index in [0.717, 1.165) is 18.9 Å². The fourth-order valence-electron chi connectivity index (χ4n) is 1.51. The predicted octanol–water partition coefficient (Wildman–Crippen LogP) is 2.33. The molecule has 0 aliphatic heterocycles. The Labute approximate surface area is 107 Å². The summed E-state index contributed by atoms with van der Waals surface area (Å²) >= 11 is 0. The maximum atomic E-state index is 10.7. The van der Waals surface area contributed by atoms with Gasteiger partial charge in [0.1, 0.15) is 6.10 Å². The Hall–Kier alpha value is -1.62. The van der Waals surface area contributed by atoms with Crippen LogP contribution in [0.4, 0.5) is 0 Å². The lowest BCUT2D eigenvalue weighted by Gasteiger charge is -2.20. The van der Waals surface area contributed by atoms with E-state index in [9.17, 15) is 9.59 Å². The highest BCUT2D eigenvalue weighted by Gasteiger charge is 2.15. The molecule has 1 aliphatic rings. The third-order valence-electron chi connectivity index (χ3n) is 2.33. The Morgan fingerprint density at radius 3 is 2.00 bits per heavy atom. The molecule has 0 radical (unpaired) electrons. The topological polar surface area (TPSA) is 61.8 Å². The zero-order valence-corrected chi connectivity index (χ0v) is 10.7. The van der Waals surface area contributed by atoms with Gasteiger partial charge in [0, 0.05) is 12.2 Å². The molecule has 1 aliphatic carbocycles. The number of carbonyl (C=O) groups excluding carboxylic acids is 2. The first-order chi connectivity index (χ1) is 8.63. The second kappa shape index (κ2) is 10.5. The molecule has 1 fully saturated rings. The molecule has 0 heterocycles. The molecule has 0 aromatic heterocycles. The minimum absolute atomic E-state index is 0.161. The molecule has 0 amide bonds. The summed E-state index contributed by atoms with van der Waals surface area (Å²) in [7, 11) is 1.25. The van der Waals surface area contributed by atoms with Gasteiger partial charge in [0.05, 0.1) is 7.11 Å². The molecule has 5 heteroatoms. The first kappa shape index (κ1) is 16.4. The monoisotopic (exact) mass is 256 g/mol. The van der Waals surface area contributed by atoms with Crippen LogP contribution in [-0.4, -0.2) is 25.2 Å². The van der Waals surface area contributed by atoms with Gasteiger partial charge < -0.3 is 4.74 Å². The quantitative estimate of drug-likeness (QED) is 0.334. The van der Waals surface area contributed by atoms with Crippen molar-refractivity contribution in [3.63, 3.8) is 0 Å². The SMILES string of the molecule is C=CC(=O)OC1CCCCC1.C=CC(=O)OOC. The van der Waals surface area contributed by atoms with Gasteiger partial charge in [-0.2, -0.15) is 4.89 Å². The summed E-state index contributed by atoms with van der Waals surface area (Å²) in [6, 6.07) is 0. The highest BCUT2D eigenvalue weighted by Crippen LogP contribution is 2.20. The van der Waals surface area contributed by atoms with Crippen molar-refractivity contribution in [3.05, 3.63) is 25.3 Å².